The second kappa shape index (κ2) is 23.5. The first kappa shape index (κ1) is 35.6. The van der Waals surface area contributed by atoms with Crippen molar-refractivity contribution in [1.29, 1.82) is 0 Å². The molecule has 0 saturated heterocycles. The molecule has 0 saturated carbocycles. The van der Waals surface area contributed by atoms with Crippen LogP contribution in [-0.2, 0) is 9.59 Å². The number of thiol groups is 2. The van der Waals surface area contributed by atoms with Gasteiger partial charge in [0.15, 0.2) is 0 Å². The van der Waals surface area contributed by atoms with Gasteiger partial charge < -0.3 is 25.1 Å². The van der Waals surface area contributed by atoms with Gasteiger partial charge in [-0.05, 0) is 0 Å². The summed E-state index contributed by atoms with van der Waals surface area (Å²) >= 11 is 6.60. The number of carbonyl (C=O) groups is 4. The number of carboxylic acid groups (broad SMARTS) is 2. The summed E-state index contributed by atoms with van der Waals surface area (Å²) in [4.78, 5) is 41.3. The second-order valence-corrected chi connectivity index (χ2v) is 3.72. The summed E-state index contributed by atoms with van der Waals surface area (Å²) in [5.74, 6) is -2.08. The van der Waals surface area contributed by atoms with Gasteiger partial charge in [-0.2, -0.15) is 0 Å². The average molecular weight is 419 g/mol. The predicted octanol–water partition coefficient (Wildman–Crippen LogP) is -8.37. The van der Waals surface area contributed by atoms with E-state index in [-0.39, 0.29) is 184 Å². The van der Waals surface area contributed by atoms with Crippen LogP contribution in [0.1, 0.15) is 17.1 Å². The fraction of sp³-hybridized carbons (Fsp3) is 0.500. The third-order valence-corrected chi connectivity index (χ3v) is 1.74. The number of hydrogen-bond donors (Lipinski definition) is 5. The number of nitrogens with zero attached hydrogens (tertiary/aromatic N) is 1. The molecule has 13 heteroatoms. The first-order valence-corrected chi connectivity index (χ1v) is 5.46. The van der Waals surface area contributed by atoms with E-state index in [0.29, 0.717) is 0 Å². The average Bonchev–Trinajstić information content (AvgIpc) is 2.14. The van der Waals surface area contributed by atoms with Crippen LogP contribution in [0.4, 0.5) is 9.59 Å². The van der Waals surface area contributed by atoms with Crippen LogP contribution in [0.5, 0.6) is 0 Å². The Labute approximate surface area is 265 Å². The smallest absolute Gasteiger partial charge is 1.00 e. The summed E-state index contributed by atoms with van der Waals surface area (Å²) in [5, 5.41) is 15.4. The van der Waals surface area contributed by atoms with E-state index in [9.17, 15) is 14.4 Å². The molecule has 8 nitrogen and oxygen atoms in total. The fourth-order valence-corrected chi connectivity index (χ4v) is 0.964. The monoisotopic (exact) mass is 418 g/mol. The number of hydrogen-bond acceptors (Lipinski definition) is 4. The molecule has 0 aromatic carbocycles. The van der Waals surface area contributed by atoms with E-state index in [1.807, 2.05) is 0 Å². The topological polar surface area (TPSA) is 138 Å². The van der Waals surface area contributed by atoms with Crippen LogP contribution in [0.15, 0.2) is 0 Å². The van der Waals surface area contributed by atoms with Crippen molar-refractivity contribution in [3.63, 3.8) is 0 Å². The molecule has 0 aliphatic rings. The molecule has 4 N–H and O–H groups in total. The van der Waals surface area contributed by atoms with Gasteiger partial charge in [0, 0.05) is 13.1 Å². The molecular formula is C8H17K3N2O6S2. The summed E-state index contributed by atoms with van der Waals surface area (Å²) in [7, 11) is 0. The van der Waals surface area contributed by atoms with Gasteiger partial charge in [0.1, 0.15) is 0 Å². The summed E-state index contributed by atoms with van der Waals surface area (Å²) in [6.45, 7) is -0.0457. The largest absolute Gasteiger partial charge is 1.00 e. The van der Waals surface area contributed by atoms with E-state index < -0.39 is 22.4 Å². The number of carbonyl (C=O) groups excluding carboxylic acids is 2. The number of primary amides is 1. The predicted molar refractivity (Wildman–Crippen MR) is 72.4 cm³/mol. The van der Waals surface area contributed by atoms with E-state index in [2.05, 4.69) is 31.0 Å². The van der Waals surface area contributed by atoms with Crippen molar-refractivity contribution in [1.82, 2.24) is 4.90 Å². The van der Waals surface area contributed by atoms with Crippen LogP contribution in [0, 0.1) is 0 Å². The Morgan fingerprint density at radius 1 is 0.905 bits per heavy atom. The molecule has 2 amide bonds. The van der Waals surface area contributed by atoms with Crippen LogP contribution in [-0.4, -0.2) is 50.6 Å². The maximum Gasteiger partial charge on any atom is 1.00 e. The molecular weight excluding hydrogens is 402 g/mol. The van der Waals surface area contributed by atoms with Crippen molar-refractivity contribution in [3.8, 4) is 0 Å². The number of rotatable bonds is 6. The summed E-state index contributed by atoms with van der Waals surface area (Å²) in [5.41, 5.74) is 4.34. The van der Waals surface area contributed by atoms with Gasteiger partial charge >= 0.3 is 166 Å². The van der Waals surface area contributed by atoms with Gasteiger partial charge in [0.05, 0.1) is 12.8 Å². The van der Waals surface area contributed by atoms with Crippen LogP contribution in [0.2, 0.25) is 0 Å². The zero-order valence-electron chi connectivity index (χ0n) is 15.3. The van der Waals surface area contributed by atoms with Crippen molar-refractivity contribution in [3.05, 3.63) is 0 Å². The van der Waals surface area contributed by atoms with E-state index in [1.165, 1.54) is 0 Å². The Bertz CT molecular complexity index is 326. The van der Waals surface area contributed by atoms with Crippen LogP contribution in [0.25, 0.3) is 0 Å². The molecule has 0 bridgehead atoms. The number of amides is 2. The number of nitrogens with two attached hydrogens (primary N) is 1. The minimum Gasteiger partial charge on any atom is -1.00 e. The molecule has 0 radical (unpaired) electrons. The van der Waals surface area contributed by atoms with Gasteiger partial charge in [0.25, 0.3) is 10.5 Å². The van der Waals surface area contributed by atoms with Gasteiger partial charge in [-0.25, -0.2) is 0 Å². The molecule has 0 rings (SSSR count). The van der Waals surface area contributed by atoms with Gasteiger partial charge in [-0.15, -0.1) is 0 Å². The van der Waals surface area contributed by atoms with Crippen molar-refractivity contribution in [2.24, 2.45) is 5.73 Å². The molecule has 0 fully saturated rings. The van der Waals surface area contributed by atoms with Crippen molar-refractivity contribution >= 4 is 47.7 Å². The molecule has 0 heterocycles. The first-order valence-electron chi connectivity index (χ1n) is 4.56. The standard InChI is InChI=1S/C7H11NO5S.CH3NOS.3K.3H/c9-5(10)1-3-8(7(13)14)4-2-6(11)12;2-1(3)4;;;;;;/h1-4H2,(H,9,10)(H,11,12)(H,13,14);(H3,2,3,4);;;;;;/q;;3*+1;3*-1. The summed E-state index contributed by atoms with van der Waals surface area (Å²) < 4.78 is 0. The van der Waals surface area contributed by atoms with Gasteiger partial charge in [-0.3, -0.25) is 19.2 Å². The van der Waals surface area contributed by atoms with Crippen LogP contribution >= 0.6 is 25.3 Å². The summed E-state index contributed by atoms with van der Waals surface area (Å²) in [6.07, 6.45) is -0.433. The molecule has 0 aliphatic heterocycles. The quantitative estimate of drug-likeness (QED) is 0.215. The third kappa shape index (κ3) is 35.5. The van der Waals surface area contributed by atoms with Gasteiger partial charge in [-0.1, -0.05) is 25.3 Å². The van der Waals surface area contributed by atoms with E-state index in [0.717, 1.165) is 4.90 Å². The molecule has 0 atom stereocenters. The van der Waals surface area contributed by atoms with E-state index in [1.54, 1.807) is 0 Å². The zero-order valence-corrected chi connectivity index (χ0v) is 23.4. The number of carboxylic acids is 2. The molecule has 0 aromatic heterocycles. The SMILES string of the molecule is NC(=O)S.O=C(O)CCN(CCC(=O)O)C(=O)S.[H-].[H-].[H-].[K+].[K+].[K+]. The first-order chi connectivity index (χ1) is 8.16. The third-order valence-electron chi connectivity index (χ3n) is 1.46. The van der Waals surface area contributed by atoms with E-state index >= 15 is 0 Å². The van der Waals surface area contributed by atoms with Crippen molar-refractivity contribution in [2.45, 2.75) is 12.8 Å². The Balaban J connectivity index is -0.0000000387. The second-order valence-electron chi connectivity index (χ2n) is 2.90. The Morgan fingerprint density at radius 3 is 1.29 bits per heavy atom. The molecule has 21 heavy (non-hydrogen) atoms. The Kier molecular flexibility index (Phi) is 39.8. The Hall–Kier alpha value is 3.49. The van der Waals surface area contributed by atoms with E-state index in [4.69, 9.17) is 15.0 Å². The number of aliphatic carboxylic acids is 2. The minimum absolute atomic E-state index is 0. The Morgan fingerprint density at radius 2 is 1.14 bits per heavy atom. The van der Waals surface area contributed by atoms with Crippen LogP contribution in [0.3, 0.4) is 0 Å². The maximum atomic E-state index is 10.8. The minimum atomic E-state index is -1.04. The molecule has 0 aliphatic carbocycles. The maximum absolute atomic E-state index is 10.8. The normalized spacial score (nSPS) is 7.52. The zero-order chi connectivity index (χ0) is 14.7. The molecule has 0 aromatic rings. The molecule has 0 unspecified atom stereocenters. The van der Waals surface area contributed by atoms with Gasteiger partial charge in [0.2, 0.25) is 0 Å². The summed E-state index contributed by atoms with van der Waals surface area (Å²) in [6, 6.07) is 0. The molecule has 110 valence electrons. The van der Waals surface area contributed by atoms with Crippen molar-refractivity contribution in [2.75, 3.05) is 13.1 Å². The fourth-order valence-electron chi connectivity index (χ4n) is 0.764. The molecule has 0 spiro atoms. The van der Waals surface area contributed by atoms with Crippen molar-refractivity contribution < 1.29 is 188 Å². The van der Waals surface area contributed by atoms with Crippen LogP contribution < -0.4 is 160 Å².